The predicted molar refractivity (Wildman–Crippen MR) is 110 cm³/mol. The van der Waals surface area contributed by atoms with E-state index in [9.17, 15) is 4.79 Å². The highest BCUT2D eigenvalue weighted by Gasteiger charge is 2.22. The Morgan fingerprint density at radius 3 is 2.54 bits per heavy atom. The van der Waals surface area contributed by atoms with Gasteiger partial charge in [-0.1, -0.05) is 49.7 Å². The molecule has 0 fully saturated rings. The molecule has 2 aromatic carbocycles. The average molecular weight is 404 g/mol. The Labute approximate surface area is 171 Å². The van der Waals surface area contributed by atoms with Crippen LogP contribution in [0.3, 0.4) is 0 Å². The Morgan fingerprint density at radius 2 is 1.82 bits per heavy atom. The maximum atomic E-state index is 12.6. The molecule has 0 unspecified atom stereocenters. The minimum absolute atomic E-state index is 0.00695. The highest BCUT2D eigenvalue weighted by Crippen LogP contribution is 2.34. The molecule has 1 aliphatic rings. The Morgan fingerprint density at radius 1 is 1.11 bits per heavy atom. The number of ether oxygens (including phenoxy) is 2. The molecule has 0 aliphatic carbocycles. The van der Waals surface area contributed by atoms with Crippen molar-refractivity contribution in [2.45, 2.75) is 32.9 Å². The molecular formula is C22H28ClN2O3+. The second kappa shape index (κ2) is 9.30. The van der Waals surface area contributed by atoms with Gasteiger partial charge in [0.05, 0.1) is 6.04 Å². The van der Waals surface area contributed by atoms with Crippen molar-refractivity contribution in [3.63, 3.8) is 0 Å². The van der Waals surface area contributed by atoms with Gasteiger partial charge in [0.1, 0.15) is 19.3 Å². The number of hydrogen-bond donors (Lipinski definition) is 2. The highest BCUT2D eigenvalue weighted by atomic mass is 35.5. The molecule has 0 spiro atoms. The van der Waals surface area contributed by atoms with Gasteiger partial charge < -0.3 is 20.1 Å². The SMILES string of the molecule is CC(C)[C@@H](NC(=O)C[NH2+][C@H](C)c1ccccc1Cl)c1ccc2c(c1)OCCO2. The third-order valence-corrected chi connectivity index (χ3v) is 5.31. The summed E-state index contributed by atoms with van der Waals surface area (Å²) in [4.78, 5) is 12.6. The van der Waals surface area contributed by atoms with E-state index in [4.69, 9.17) is 21.1 Å². The van der Waals surface area contributed by atoms with Gasteiger partial charge in [-0.05, 0) is 36.6 Å². The van der Waals surface area contributed by atoms with Crippen LogP contribution in [0, 0.1) is 5.92 Å². The number of fused-ring (bicyclic) bond motifs is 1. The topological polar surface area (TPSA) is 64.2 Å². The van der Waals surface area contributed by atoms with Crippen LogP contribution in [0.1, 0.15) is 44.0 Å². The van der Waals surface area contributed by atoms with E-state index in [0.717, 1.165) is 27.6 Å². The summed E-state index contributed by atoms with van der Waals surface area (Å²) < 4.78 is 11.3. The molecule has 3 N–H and O–H groups in total. The van der Waals surface area contributed by atoms with Gasteiger partial charge in [0.15, 0.2) is 18.0 Å². The van der Waals surface area contributed by atoms with Crippen molar-refractivity contribution in [1.82, 2.24) is 5.32 Å². The number of quaternary nitrogens is 1. The van der Waals surface area contributed by atoms with Crippen molar-refractivity contribution in [1.29, 1.82) is 0 Å². The van der Waals surface area contributed by atoms with Gasteiger partial charge in [0, 0.05) is 10.6 Å². The van der Waals surface area contributed by atoms with Crippen LogP contribution in [-0.4, -0.2) is 25.7 Å². The first-order chi connectivity index (χ1) is 13.5. The molecule has 0 radical (unpaired) electrons. The molecule has 0 saturated carbocycles. The normalized spacial score (nSPS) is 15.2. The number of halogens is 1. The first-order valence-corrected chi connectivity index (χ1v) is 10.1. The largest absolute Gasteiger partial charge is 0.486 e. The zero-order valence-electron chi connectivity index (χ0n) is 16.6. The Hall–Kier alpha value is -2.24. The van der Waals surface area contributed by atoms with Gasteiger partial charge in [-0.15, -0.1) is 0 Å². The molecule has 28 heavy (non-hydrogen) atoms. The molecular weight excluding hydrogens is 376 g/mol. The number of nitrogens with one attached hydrogen (secondary N) is 1. The minimum atomic E-state index is -0.0904. The zero-order valence-corrected chi connectivity index (χ0v) is 17.3. The third kappa shape index (κ3) is 4.97. The molecule has 2 atom stereocenters. The van der Waals surface area contributed by atoms with Crippen LogP contribution < -0.4 is 20.1 Å². The molecule has 3 rings (SSSR count). The third-order valence-electron chi connectivity index (χ3n) is 4.96. The molecule has 0 bridgehead atoms. The molecule has 0 aromatic heterocycles. The summed E-state index contributed by atoms with van der Waals surface area (Å²) in [5, 5.41) is 5.88. The quantitative estimate of drug-likeness (QED) is 0.745. The number of carbonyl (C=O) groups excluding carboxylic acids is 1. The fraction of sp³-hybridized carbons (Fsp3) is 0.409. The van der Waals surface area contributed by atoms with E-state index in [2.05, 4.69) is 26.1 Å². The summed E-state index contributed by atoms with van der Waals surface area (Å²) in [5.74, 6) is 1.73. The Kier molecular flexibility index (Phi) is 6.81. The summed E-state index contributed by atoms with van der Waals surface area (Å²) in [6.45, 7) is 7.69. The molecule has 5 nitrogen and oxygen atoms in total. The Balaban J connectivity index is 1.62. The van der Waals surface area contributed by atoms with E-state index >= 15 is 0 Å². The van der Waals surface area contributed by atoms with Crippen molar-refractivity contribution in [3.8, 4) is 11.5 Å². The van der Waals surface area contributed by atoms with Crippen LogP contribution in [0.4, 0.5) is 0 Å². The molecule has 1 aliphatic heterocycles. The van der Waals surface area contributed by atoms with Gasteiger partial charge in [0.25, 0.3) is 5.91 Å². The van der Waals surface area contributed by atoms with Crippen molar-refractivity contribution < 1.29 is 19.6 Å². The molecule has 2 aromatic rings. The van der Waals surface area contributed by atoms with Gasteiger partial charge in [0.2, 0.25) is 0 Å². The van der Waals surface area contributed by atoms with Crippen molar-refractivity contribution in [2.75, 3.05) is 19.8 Å². The fourth-order valence-corrected chi connectivity index (χ4v) is 3.68. The monoisotopic (exact) mass is 403 g/mol. The summed E-state index contributed by atoms with van der Waals surface area (Å²) in [6, 6.07) is 13.6. The van der Waals surface area contributed by atoms with E-state index in [1.54, 1.807) is 0 Å². The second-order valence-electron chi connectivity index (χ2n) is 7.44. The van der Waals surface area contributed by atoms with Crippen molar-refractivity contribution >= 4 is 17.5 Å². The van der Waals surface area contributed by atoms with Crippen LogP contribution in [-0.2, 0) is 4.79 Å². The average Bonchev–Trinajstić information content (AvgIpc) is 2.70. The van der Waals surface area contributed by atoms with Crippen LogP contribution in [0.5, 0.6) is 11.5 Å². The molecule has 0 saturated heterocycles. The second-order valence-corrected chi connectivity index (χ2v) is 7.85. The standard InChI is InChI=1S/C22H27ClN2O3/c1-14(2)22(16-8-9-19-20(12-16)28-11-10-27-19)25-21(26)13-24-15(3)17-6-4-5-7-18(17)23/h4-9,12,14-15,22,24H,10-11,13H2,1-3H3,(H,25,26)/p+1/t15-,22-/m1/s1. The molecule has 6 heteroatoms. The first kappa shape index (κ1) is 20.5. The maximum Gasteiger partial charge on any atom is 0.275 e. The lowest BCUT2D eigenvalue weighted by molar-refractivity contribution is -0.682. The lowest BCUT2D eigenvalue weighted by Crippen LogP contribution is -2.87. The van der Waals surface area contributed by atoms with E-state index in [1.807, 2.05) is 47.8 Å². The Bertz CT molecular complexity index is 825. The van der Waals surface area contributed by atoms with Gasteiger partial charge in [-0.2, -0.15) is 0 Å². The number of hydrogen-bond acceptors (Lipinski definition) is 3. The van der Waals surface area contributed by atoms with Gasteiger partial charge >= 0.3 is 0 Å². The predicted octanol–water partition coefficient (Wildman–Crippen LogP) is 3.25. The van der Waals surface area contributed by atoms with Crippen LogP contribution in [0.2, 0.25) is 5.02 Å². The summed E-state index contributed by atoms with van der Waals surface area (Å²) in [6.07, 6.45) is 0. The zero-order chi connectivity index (χ0) is 20.1. The summed E-state index contributed by atoms with van der Waals surface area (Å²) >= 11 is 6.26. The molecule has 1 heterocycles. The van der Waals surface area contributed by atoms with Crippen molar-refractivity contribution in [2.24, 2.45) is 5.92 Å². The fourth-order valence-electron chi connectivity index (χ4n) is 3.38. The van der Waals surface area contributed by atoms with E-state index < -0.39 is 0 Å². The lowest BCUT2D eigenvalue weighted by atomic mass is 9.95. The number of nitrogens with two attached hydrogens (primary N) is 1. The summed E-state index contributed by atoms with van der Waals surface area (Å²) in [5.41, 5.74) is 2.05. The van der Waals surface area contributed by atoms with E-state index in [1.165, 1.54) is 0 Å². The number of amides is 1. The number of rotatable bonds is 7. The van der Waals surface area contributed by atoms with Gasteiger partial charge in [-0.3, -0.25) is 4.79 Å². The smallest absolute Gasteiger partial charge is 0.275 e. The van der Waals surface area contributed by atoms with E-state index in [-0.39, 0.29) is 23.9 Å². The lowest BCUT2D eigenvalue weighted by Gasteiger charge is -2.25. The maximum absolute atomic E-state index is 12.6. The van der Waals surface area contributed by atoms with Crippen LogP contribution in [0.15, 0.2) is 42.5 Å². The van der Waals surface area contributed by atoms with Gasteiger partial charge in [-0.25, -0.2) is 0 Å². The van der Waals surface area contributed by atoms with Crippen molar-refractivity contribution in [3.05, 3.63) is 58.6 Å². The number of benzene rings is 2. The molecule has 150 valence electrons. The van der Waals surface area contributed by atoms with Crippen LogP contribution in [0.25, 0.3) is 0 Å². The molecule has 1 amide bonds. The minimum Gasteiger partial charge on any atom is -0.486 e. The number of carbonyl (C=O) groups is 1. The first-order valence-electron chi connectivity index (χ1n) is 9.72. The van der Waals surface area contributed by atoms with Crippen LogP contribution >= 0.6 is 11.6 Å². The highest BCUT2D eigenvalue weighted by molar-refractivity contribution is 6.31. The van der Waals surface area contributed by atoms with E-state index in [0.29, 0.717) is 19.8 Å². The summed E-state index contributed by atoms with van der Waals surface area (Å²) in [7, 11) is 0.